The first-order chi connectivity index (χ1) is 9.37. The molecule has 0 aliphatic rings. The van der Waals surface area contributed by atoms with Crippen molar-refractivity contribution in [2.24, 2.45) is 5.73 Å². The minimum Gasteiger partial charge on any atom is -0.355 e. The number of nitrogens with two attached hydrogens (primary N) is 1. The molecule has 0 radical (unpaired) electrons. The molecule has 0 aromatic heterocycles. The molecule has 0 saturated heterocycles. The molecule has 0 aliphatic carbocycles. The van der Waals surface area contributed by atoms with E-state index in [1.165, 1.54) is 31.3 Å². The van der Waals surface area contributed by atoms with Crippen LogP contribution in [0.3, 0.4) is 0 Å². The summed E-state index contributed by atoms with van der Waals surface area (Å²) in [5.41, 5.74) is 5.31. The summed E-state index contributed by atoms with van der Waals surface area (Å²) in [6, 6.07) is 5.79. The second kappa shape index (κ2) is 7.58. The third-order valence-electron chi connectivity index (χ3n) is 2.59. The van der Waals surface area contributed by atoms with E-state index in [0.717, 1.165) is 4.31 Å². The van der Waals surface area contributed by atoms with E-state index in [-0.39, 0.29) is 17.3 Å². The molecule has 0 heterocycles. The fraction of sp³-hybridized carbons (Fsp3) is 0.417. The molecule has 3 N–H and O–H groups in total. The number of likely N-dealkylation sites (N-methyl/N-ethyl adjacent to an activating group) is 1. The van der Waals surface area contributed by atoms with Gasteiger partial charge in [-0.1, -0.05) is 11.6 Å². The van der Waals surface area contributed by atoms with Crippen LogP contribution in [0.15, 0.2) is 29.2 Å². The maximum atomic E-state index is 12.2. The standard InChI is InChI=1S/C12H18ClN3O3S/c1-16(9-12(17)15-8-2-7-14)20(18,19)11-5-3-10(13)4-6-11/h3-6H,2,7-9,14H2,1H3,(H,15,17). The third kappa shape index (κ3) is 4.75. The van der Waals surface area contributed by atoms with Crippen LogP contribution in [0.4, 0.5) is 0 Å². The van der Waals surface area contributed by atoms with Crippen LogP contribution in [-0.2, 0) is 14.8 Å². The smallest absolute Gasteiger partial charge is 0.243 e. The Morgan fingerprint density at radius 2 is 1.95 bits per heavy atom. The lowest BCUT2D eigenvalue weighted by atomic mass is 10.4. The quantitative estimate of drug-likeness (QED) is 0.713. The normalized spacial score (nSPS) is 11.6. The molecule has 1 aromatic rings. The van der Waals surface area contributed by atoms with Crippen molar-refractivity contribution in [3.63, 3.8) is 0 Å². The number of carbonyl (C=O) groups is 1. The highest BCUT2D eigenvalue weighted by molar-refractivity contribution is 7.89. The van der Waals surface area contributed by atoms with Gasteiger partial charge in [0.1, 0.15) is 0 Å². The molecule has 1 rings (SSSR count). The van der Waals surface area contributed by atoms with Gasteiger partial charge in [-0.15, -0.1) is 0 Å². The fourth-order valence-electron chi connectivity index (χ4n) is 1.46. The highest BCUT2D eigenvalue weighted by atomic mass is 35.5. The molecule has 0 atom stereocenters. The molecule has 0 fully saturated rings. The number of amides is 1. The van der Waals surface area contributed by atoms with Crippen molar-refractivity contribution >= 4 is 27.5 Å². The van der Waals surface area contributed by atoms with E-state index in [9.17, 15) is 13.2 Å². The molecule has 8 heteroatoms. The first-order valence-corrected chi connectivity index (χ1v) is 7.88. The number of nitrogens with zero attached hydrogens (tertiary/aromatic N) is 1. The zero-order valence-corrected chi connectivity index (χ0v) is 12.7. The number of carbonyl (C=O) groups excluding carboxylic acids is 1. The number of rotatable bonds is 7. The molecule has 0 aliphatic heterocycles. The molecule has 0 bridgehead atoms. The first kappa shape index (κ1) is 16.9. The molecule has 0 unspecified atom stereocenters. The predicted octanol–water partition coefficient (Wildman–Crippen LogP) is 0.425. The Morgan fingerprint density at radius 1 is 1.35 bits per heavy atom. The maximum Gasteiger partial charge on any atom is 0.243 e. The Hall–Kier alpha value is -1.15. The largest absolute Gasteiger partial charge is 0.355 e. The van der Waals surface area contributed by atoms with Gasteiger partial charge in [0.15, 0.2) is 0 Å². The highest BCUT2D eigenvalue weighted by Crippen LogP contribution is 2.17. The van der Waals surface area contributed by atoms with Gasteiger partial charge < -0.3 is 11.1 Å². The molecule has 6 nitrogen and oxygen atoms in total. The lowest BCUT2D eigenvalue weighted by Gasteiger charge is -2.16. The summed E-state index contributed by atoms with van der Waals surface area (Å²) in [7, 11) is -2.34. The minimum absolute atomic E-state index is 0.0964. The Labute approximate surface area is 123 Å². The zero-order valence-electron chi connectivity index (χ0n) is 11.2. The van der Waals surface area contributed by atoms with Gasteiger partial charge in [-0.3, -0.25) is 4.79 Å². The summed E-state index contributed by atoms with van der Waals surface area (Å²) in [5, 5.41) is 3.05. The molecule has 0 saturated carbocycles. The van der Waals surface area contributed by atoms with Crippen LogP contribution in [-0.4, -0.2) is 45.3 Å². The monoisotopic (exact) mass is 319 g/mol. The summed E-state index contributed by atoms with van der Waals surface area (Å²) in [4.78, 5) is 11.7. The number of sulfonamides is 1. The zero-order chi connectivity index (χ0) is 15.2. The average molecular weight is 320 g/mol. The van der Waals surface area contributed by atoms with Crippen LogP contribution in [0, 0.1) is 0 Å². The van der Waals surface area contributed by atoms with Crippen LogP contribution in [0.5, 0.6) is 0 Å². The molecule has 1 aromatic carbocycles. The van der Waals surface area contributed by atoms with Gasteiger partial charge in [0.25, 0.3) is 0 Å². The Morgan fingerprint density at radius 3 is 2.50 bits per heavy atom. The number of benzene rings is 1. The maximum absolute atomic E-state index is 12.2. The van der Waals surface area contributed by atoms with E-state index in [4.69, 9.17) is 17.3 Å². The van der Waals surface area contributed by atoms with Gasteiger partial charge in [0.05, 0.1) is 11.4 Å². The Bertz CT molecular complexity index is 546. The van der Waals surface area contributed by atoms with Crippen LogP contribution < -0.4 is 11.1 Å². The second-order valence-electron chi connectivity index (χ2n) is 4.21. The van der Waals surface area contributed by atoms with Crippen molar-refractivity contribution in [2.75, 3.05) is 26.7 Å². The van der Waals surface area contributed by atoms with E-state index in [2.05, 4.69) is 5.32 Å². The minimum atomic E-state index is -3.69. The molecule has 0 spiro atoms. The Kier molecular flexibility index (Phi) is 6.41. The summed E-state index contributed by atoms with van der Waals surface area (Å²) in [6.45, 7) is 0.666. The molecular weight excluding hydrogens is 302 g/mol. The topological polar surface area (TPSA) is 92.5 Å². The number of hydrogen-bond acceptors (Lipinski definition) is 4. The number of halogens is 1. The average Bonchev–Trinajstić information content (AvgIpc) is 2.39. The molecular formula is C12H18ClN3O3S. The second-order valence-corrected chi connectivity index (χ2v) is 6.69. The number of hydrogen-bond donors (Lipinski definition) is 2. The van der Waals surface area contributed by atoms with Crippen molar-refractivity contribution in [3.8, 4) is 0 Å². The summed E-state index contributed by atoms with van der Waals surface area (Å²) in [6.07, 6.45) is 0.652. The lowest BCUT2D eigenvalue weighted by molar-refractivity contribution is -0.121. The van der Waals surface area contributed by atoms with Crippen molar-refractivity contribution in [2.45, 2.75) is 11.3 Å². The highest BCUT2D eigenvalue weighted by Gasteiger charge is 2.22. The van der Waals surface area contributed by atoms with Crippen LogP contribution in [0.25, 0.3) is 0 Å². The van der Waals surface area contributed by atoms with Crippen LogP contribution in [0.2, 0.25) is 5.02 Å². The summed E-state index contributed by atoms with van der Waals surface area (Å²) in [5.74, 6) is -0.363. The summed E-state index contributed by atoms with van der Waals surface area (Å²) < 4.78 is 25.4. The van der Waals surface area contributed by atoms with E-state index in [1.54, 1.807) is 0 Å². The fourth-order valence-corrected chi connectivity index (χ4v) is 2.71. The van der Waals surface area contributed by atoms with Crippen molar-refractivity contribution in [1.82, 2.24) is 9.62 Å². The lowest BCUT2D eigenvalue weighted by Crippen LogP contribution is -2.38. The van der Waals surface area contributed by atoms with Gasteiger partial charge in [-0.2, -0.15) is 4.31 Å². The van der Waals surface area contributed by atoms with Gasteiger partial charge >= 0.3 is 0 Å². The summed E-state index contributed by atoms with van der Waals surface area (Å²) >= 11 is 5.71. The predicted molar refractivity (Wildman–Crippen MR) is 77.9 cm³/mol. The van der Waals surface area contributed by atoms with Crippen LogP contribution >= 0.6 is 11.6 Å². The van der Waals surface area contributed by atoms with E-state index < -0.39 is 10.0 Å². The van der Waals surface area contributed by atoms with Crippen molar-refractivity contribution in [3.05, 3.63) is 29.3 Å². The molecule has 1 amide bonds. The first-order valence-electron chi connectivity index (χ1n) is 6.06. The van der Waals surface area contributed by atoms with Gasteiger partial charge in [-0.05, 0) is 37.2 Å². The van der Waals surface area contributed by atoms with Gasteiger partial charge in [0.2, 0.25) is 15.9 Å². The van der Waals surface area contributed by atoms with Gasteiger partial charge in [-0.25, -0.2) is 8.42 Å². The Balaban J connectivity index is 2.68. The van der Waals surface area contributed by atoms with E-state index >= 15 is 0 Å². The van der Waals surface area contributed by atoms with Gasteiger partial charge in [0, 0.05) is 18.6 Å². The number of nitrogens with one attached hydrogen (secondary N) is 1. The van der Waals surface area contributed by atoms with Crippen molar-refractivity contribution in [1.29, 1.82) is 0 Å². The molecule has 20 heavy (non-hydrogen) atoms. The van der Waals surface area contributed by atoms with E-state index in [1.807, 2.05) is 0 Å². The van der Waals surface area contributed by atoms with Crippen molar-refractivity contribution < 1.29 is 13.2 Å². The van der Waals surface area contributed by atoms with E-state index in [0.29, 0.717) is 24.5 Å². The SMILES string of the molecule is CN(CC(=O)NCCCN)S(=O)(=O)c1ccc(Cl)cc1. The molecule has 112 valence electrons. The third-order valence-corrected chi connectivity index (χ3v) is 4.66. The van der Waals surface area contributed by atoms with Crippen LogP contribution in [0.1, 0.15) is 6.42 Å².